The van der Waals surface area contributed by atoms with Crippen LogP contribution in [0.1, 0.15) is 46.0 Å². The van der Waals surface area contributed by atoms with Gasteiger partial charge in [-0.05, 0) is 49.4 Å². The fourth-order valence-corrected chi connectivity index (χ4v) is 4.39. The van der Waals surface area contributed by atoms with Crippen LogP contribution in [-0.2, 0) is 4.79 Å². The van der Waals surface area contributed by atoms with Crippen LogP contribution in [0.5, 0.6) is 17.2 Å². The number of likely N-dealkylation sites (tertiary alicyclic amines) is 1. The van der Waals surface area contributed by atoms with Gasteiger partial charge in [-0.25, -0.2) is 14.0 Å². The molecule has 0 atom stereocenters. The molecule has 1 heterocycles. The number of nitrogens with zero attached hydrogens (tertiary/aromatic N) is 1. The lowest BCUT2D eigenvalue weighted by Crippen LogP contribution is -2.48. The second kappa shape index (κ2) is 9.73. The van der Waals surface area contributed by atoms with Crippen LogP contribution in [-0.4, -0.2) is 51.4 Å². The number of piperidine rings is 1. The lowest BCUT2D eigenvalue weighted by atomic mass is 9.84. The summed E-state index contributed by atoms with van der Waals surface area (Å²) in [4.78, 5) is 26.2. The van der Waals surface area contributed by atoms with Gasteiger partial charge in [0.05, 0.1) is 5.60 Å². The molecule has 1 saturated heterocycles. The smallest absolute Gasteiger partial charge is 0.348 e. The van der Waals surface area contributed by atoms with Gasteiger partial charge in [0.2, 0.25) is 5.60 Å². The zero-order valence-electron chi connectivity index (χ0n) is 19.9. The summed E-state index contributed by atoms with van der Waals surface area (Å²) in [5.41, 5.74) is -1.66. The number of hydrogen-bond donors (Lipinski definition) is 3. The van der Waals surface area contributed by atoms with Gasteiger partial charge in [-0.1, -0.05) is 13.8 Å². The summed E-state index contributed by atoms with van der Waals surface area (Å²) in [5.74, 6) is -0.166. The van der Waals surface area contributed by atoms with E-state index in [1.54, 1.807) is 17.0 Å². The number of rotatable bonds is 8. The van der Waals surface area contributed by atoms with Gasteiger partial charge in [-0.3, -0.25) is 0 Å². The number of carboxylic acids is 1. The minimum Gasteiger partial charge on any atom is -0.478 e. The van der Waals surface area contributed by atoms with E-state index < -0.39 is 23.0 Å². The fourth-order valence-electron chi connectivity index (χ4n) is 4.39. The van der Waals surface area contributed by atoms with Gasteiger partial charge in [-0.15, -0.1) is 0 Å². The normalized spacial score (nSPS) is 18.1. The highest BCUT2D eigenvalue weighted by Crippen LogP contribution is 2.42. The summed E-state index contributed by atoms with van der Waals surface area (Å²) >= 11 is 0. The van der Waals surface area contributed by atoms with Crippen molar-refractivity contribution < 1.29 is 33.7 Å². The number of urea groups is 1. The molecule has 1 saturated carbocycles. The monoisotopic (exact) mass is 486 g/mol. The SMILES string of the molecule is CC(C)CC1(O)CCN(C(=O)Nc2cc(Oc3ccc(F)cc3)cc(OC3(C(=O)O)CC3)c2)CC1. The van der Waals surface area contributed by atoms with Gasteiger partial charge in [0, 0.05) is 49.8 Å². The predicted octanol–water partition coefficient (Wildman–Crippen LogP) is 5.02. The van der Waals surface area contributed by atoms with Crippen LogP contribution in [0.25, 0.3) is 0 Å². The van der Waals surface area contributed by atoms with Gasteiger partial charge in [-0.2, -0.15) is 0 Å². The minimum atomic E-state index is -1.27. The van der Waals surface area contributed by atoms with Crippen molar-refractivity contribution in [2.75, 3.05) is 18.4 Å². The number of carboxylic acid groups (broad SMARTS) is 1. The molecular weight excluding hydrogens is 455 g/mol. The number of amides is 2. The average molecular weight is 487 g/mol. The summed E-state index contributed by atoms with van der Waals surface area (Å²) in [6, 6.07) is 9.80. The molecule has 0 radical (unpaired) electrons. The Morgan fingerprint density at radius 2 is 1.66 bits per heavy atom. The number of carbonyl (C=O) groups is 2. The molecule has 4 rings (SSSR count). The first-order chi connectivity index (χ1) is 16.6. The molecule has 1 aliphatic carbocycles. The maximum absolute atomic E-state index is 13.3. The van der Waals surface area contributed by atoms with Crippen LogP contribution >= 0.6 is 0 Å². The van der Waals surface area contributed by atoms with Crippen LogP contribution in [0.4, 0.5) is 14.9 Å². The average Bonchev–Trinajstić information content (AvgIpc) is 3.56. The highest BCUT2D eigenvalue weighted by atomic mass is 19.1. The number of nitrogens with one attached hydrogen (secondary N) is 1. The fraction of sp³-hybridized carbons (Fsp3) is 0.462. The molecule has 1 aliphatic heterocycles. The Bertz CT molecular complexity index is 1080. The van der Waals surface area contributed by atoms with Gasteiger partial charge in [0.25, 0.3) is 0 Å². The Kier molecular flexibility index (Phi) is 6.89. The standard InChI is InChI=1S/C26H31FN2O6/c1-17(2)16-25(33)9-11-29(12-10-25)24(32)28-19-13-21(34-20-5-3-18(27)4-6-20)15-22(14-19)35-26(7-8-26)23(30)31/h3-6,13-15,17,33H,7-12,16H2,1-2H3,(H,28,32)(H,30,31). The summed E-state index contributed by atoms with van der Waals surface area (Å²) in [7, 11) is 0. The highest BCUT2D eigenvalue weighted by molar-refractivity contribution is 5.90. The number of halogens is 1. The lowest BCUT2D eigenvalue weighted by Gasteiger charge is -2.39. The van der Waals surface area contributed by atoms with Crippen molar-refractivity contribution in [1.29, 1.82) is 0 Å². The summed E-state index contributed by atoms with van der Waals surface area (Å²) in [6.45, 7) is 4.97. The van der Waals surface area contributed by atoms with Crippen molar-refractivity contribution in [1.82, 2.24) is 4.90 Å². The van der Waals surface area contributed by atoms with Crippen molar-refractivity contribution in [3.8, 4) is 17.2 Å². The van der Waals surface area contributed by atoms with Crippen LogP contribution in [0.3, 0.4) is 0 Å². The van der Waals surface area contributed by atoms with E-state index in [4.69, 9.17) is 9.47 Å². The third-order valence-corrected chi connectivity index (χ3v) is 6.36. The minimum absolute atomic E-state index is 0.241. The largest absolute Gasteiger partial charge is 0.478 e. The first kappa shape index (κ1) is 24.8. The number of benzene rings is 2. The van der Waals surface area contributed by atoms with E-state index in [1.165, 1.54) is 30.3 Å². The number of ether oxygens (including phenoxy) is 2. The van der Waals surface area contributed by atoms with Crippen LogP contribution < -0.4 is 14.8 Å². The highest BCUT2D eigenvalue weighted by Gasteiger charge is 2.53. The van der Waals surface area contributed by atoms with Crippen LogP contribution in [0.15, 0.2) is 42.5 Å². The molecule has 188 valence electrons. The maximum atomic E-state index is 13.3. The van der Waals surface area contributed by atoms with E-state index in [0.29, 0.717) is 68.3 Å². The molecule has 8 nitrogen and oxygen atoms in total. The van der Waals surface area contributed by atoms with E-state index in [0.717, 1.165) is 0 Å². The first-order valence-electron chi connectivity index (χ1n) is 11.9. The van der Waals surface area contributed by atoms with Crippen LogP contribution in [0, 0.1) is 11.7 Å². The van der Waals surface area contributed by atoms with E-state index >= 15 is 0 Å². The molecule has 2 amide bonds. The molecule has 0 spiro atoms. The number of anilines is 1. The van der Waals surface area contributed by atoms with Crippen molar-refractivity contribution >= 4 is 17.7 Å². The molecule has 2 aromatic carbocycles. The predicted molar refractivity (Wildman–Crippen MR) is 127 cm³/mol. The second-order valence-electron chi connectivity index (χ2n) is 9.89. The van der Waals surface area contributed by atoms with Gasteiger partial charge < -0.3 is 29.9 Å². The molecule has 2 aromatic rings. The van der Waals surface area contributed by atoms with Gasteiger partial charge >= 0.3 is 12.0 Å². The van der Waals surface area contributed by atoms with Crippen molar-refractivity contribution in [3.63, 3.8) is 0 Å². The quantitative estimate of drug-likeness (QED) is 0.484. The molecule has 35 heavy (non-hydrogen) atoms. The third kappa shape index (κ3) is 6.22. The van der Waals surface area contributed by atoms with Crippen molar-refractivity contribution in [2.24, 2.45) is 5.92 Å². The summed E-state index contributed by atoms with van der Waals surface area (Å²) in [6.07, 6.45) is 2.47. The molecule has 3 N–H and O–H groups in total. The molecule has 2 fully saturated rings. The van der Waals surface area contributed by atoms with Gasteiger partial charge in [0.15, 0.2) is 0 Å². The number of carbonyl (C=O) groups excluding carboxylic acids is 1. The zero-order valence-corrected chi connectivity index (χ0v) is 19.9. The Balaban J connectivity index is 1.49. The Labute approximate surface area is 203 Å². The summed E-state index contributed by atoms with van der Waals surface area (Å²) < 4.78 is 24.8. The van der Waals surface area contributed by atoms with E-state index in [1.807, 2.05) is 0 Å². The molecule has 0 unspecified atom stereocenters. The third-order valence-electron chi connectivity index (χ3n) is 6.36. The second-order valence-corrected chi connectivity index (χ2v) is 9.89. The topological polar surface area (TPSA) is 108 Å². The molecular formula is C26H31FN2O6. The number of aliphatic hydroxyl groups is 1. The first-order valence-corrected chi connectivity index (χ1v) is 11.9. The summed E-state index contributed by atoms with van der Waals surface area (Å²) in [5, 5.41) is 23.1. The lowest BCUT2D eigenvalue weighted by molar-refractivity contribution is -0.147. The molecule has 9 heteroatoms. The van der Waals surface area contributed by atoms with E-state index in [9.17, 15) is 24.2 Å². The van der Waals surface area contributed by atoms with Crippen molar-refractivity contribution in [3.05, 3.63) is 48.3 Å². The molecule has 2 aliphatic rings. The Morgan fingerprint density at radius 1 is 1.03 bits per heavy atom. The molecule has 0 bridgehead atoms. The van der Waals surface area contributed by atoms with Gasteiger partial charge in [0.1, 0.15) is 23.1 Å². The zero-order chi connectivity index (χ0) is 25.2. The van der Waals surface area contributed by atoms with Crippen molar-refractivity contribution in [2.45, 2.75) is 57.2 Å². The maximum Gasteiger partial charge on any atom is 0.348 e. The van der Waals surface area contributed by atoms with E-state index in [-0.39, 0.29) is 11.8 Å². The number of aliphatic carboxylic acids is 1. The number of hydrogen-bond acceptors (Lipinski definition) is 5. The Morgan fingerprint density at radius 3 is 2.23 bits per heavy atom. The van der Waals surface area contributed by atoms with Crippen LogP contribution in [0.2, 0.25) is 0 Å². The van der Waals surface area contributed by atoms with E-state index in [2.05, 4.69) is 19.2 Å². The Hall–Kier alpha value is -3.33. The molecule has 0 aromatic heterocycles.